The van der Waals surface area contributed by atoms with Crippen LogP contribution >= 0.6 is 0 Å². The number of phenolic OH excluding ortho intramolecular Hbond substituents is 1. The fourth-order valence-corrected chi connectivity index (χ4v) is 5.05. The molecule has 2 fully saturated rings. The standard InChI is InChI=1S/C23H27NO3/c1-15-5-3-4-6-21(15)23(27)11-18-13-24(14-19(18)12-23)16(2)22(26)17-7-9-20(25)10-8-17/h3-10,16,18-19,25,27H,11-14H2,1-2H3/t16?,18-,19+,23-. The molecule has 1 unspecified atom stereocenters. The Bertz CT molecular complexity index is 831. The highest BCUT2D eigenvalue weighted by Crippen LogP contribution is 2.50. The third-order valence-corrected chi connectivity index (χ3v) is 6.53. The lowest BCUT2D eigenvalue weighted by molar-refractivity contribution is 0.0292. The zero-order valence-corrected chi connectivity index (χ0v) is 15.9. The van der Waals surface area contributed by atoms with Crippen molar-refractivity contribution < 1.29 is 15.0 Å². The van der Waals surface area contributed by atoms with Gasteiger partial charge in [-0.25, -0.2) is 0 Å². The van der Waals surface area contributed by atoms with Crippen molar-refractivity contribution in [3.63, 3.8) is 0 Å². The van der Waals surface area contributed by atoms with Crippen molar-refractivity contribution in [1.29, 1.82) is 0 Å². The lowest BCUT2D eigenvalue weighted by Crippen LogP contribution is -2.39. The number of aromatic hydroxyl groups is 1. The topological polar surface area (TPSA) is 60.8 Å². The van der Waals surface area contributed by atoms with Gasteiger partial charge in [-0.05, 0) is 73.9 Å². The molecule has 27 heavy (non-hydrogen) atoms. The molecule has 1 heterocycles. The molecule has 2 aliphatic rings. The van der Waals surface area contributed by atoms with Gasteiger partial charge in [0.25, 0.3) is 0 Å². The molecular formula is C23H27NO3. The SMILES string of the molecule is Cc1ccccc1[C@]1(O)C[C@H]2CN(C(C)C(=O)c3ccc(O)cc3)C[C@H]2C1. The van der Waals surface area contributed by atoms with Gasteiger partial charge in [-0.3, -0.25) is 9.69 Å². The van der Waals surface area contributed by atoms with E-state index in [2.05, 4.69) is 17.9 Å². The predicted octanol–water partition coefficient (Wildman–Crippen LogP) is 3.50. The number of Topliss-reactive ketones (excluding diaryl/α,β-unsaturated/α-hetero) is 1. The third kappa shape index (κ3) is 3.28. The molecule has 2 aromatic carbocycles. The Hall–Kier alpha value is -2.17. The van der Waals surface area contributed by atoms with Crippen LogP contribution in [0.3, 0.4) is 0 Å². The number of hydrogen-bond acceptors (Lipinski definition) is 4. The number of likely N-dealkylation sites (tertiary alicyclic amines) is 1. The van der Waals surface area contributed by atoms with Crippen molar-refractivity contribution in [3.8, 4) is 5.75 Å². The van der Waals surface area contributed by atoms with Crippen molar-refractivity contribution in [1.82, 2.24) is 4.90 Å². The summed E-state index contributed by atoms with van der Waals surface area (Å²) in [7, 11) is 0. The lowest BCUT2D eigenvalue weighted by Gasteiger charge is -2.29. The first-order valence-electron chi connectivity index (χ1n) is 9.73. The summed E-state index contributed by atoms with van der Waals surface area (Å²) in [5, 5.41) is 20.7. The van der Waals surface area contributed by atoms with Crippen molar-refractivity contribution >= 4 is 5.78 Å². The van der Waals surface area contributed by atoms with Crippen LogP contribution in [-0.2, 0) is 5.60 Å². The highest BCUT2D eigenvalue weighted by Gasteiger charge is 2.50. The minimum Gasteiger partial charge on any atom is -0.508 e. The van der Waals surface area contributed by atoms with E-state index in [-0.39, 0.29) is 17.6 Å². The van der Waals surface area contributed by atoms with E-state index in [9.17, 15) is 15.0 Å². The molecule has 0 amide bonds. The highest BCUT2D eigenvalue weighted by atomic mass is 16.3. The molecule has 1 aliphatic carbocycles. The molecular weight excluding hydrogens is 338 g/mol. The van der Waals surface area contributed by atoms with Crippen LogP contribution in [-0.4, -0.2) is 40.0 Å². The largest absolute Gasteiger partial charge is 0.508 e. The Kier molecular flexibility index (Phi) is 4.57. The lowest BCUT2D eigenvalue weighted by atomic mass is 9.87. The van der Waals surface area contributed by atoms with Crippen LogP contribution in [0, 0.1) is 18.8 Å². The van der Waals surface area contributed by atoms with Crippen LogP contribution in [0.4, 0.5) is 0 Å². The first-order valence-corrected chi connectivity index (χ1v) is 9.73. The molecule has 4 rings (SSSR count). The zero-order chi connectivity index (χ0) is 19.2. The zero-order valence-electron chi connectivity index (χ0n) is 15.9. The first-order chi connectivity index (χ1) is 12.9. The van der Waals surface area contributed by atoms with E-state index in [0.717, 1.165) is 37.1 Å². The molecule has 0 spiro atoms. The molecule has 1 aliphatic heterocycles. The summed E-state index contributed by atoms with van der Waals surface area (Å²) >= 11 is 0. The monoisotopic (exact) mass is 365 g/mol. The van der Waals surface area contributed by atoms with Gasteiger partial charge in [0.05, 0.1) is 11.6 Å². The number of carbonyl (C=O) groups excluding carboxylic acids is 1. The number of hydrogen-bond donors (Lipinski definition) is 2. The van der Waals surface area contributed by atoms with E-state index < -0.39 is 5.60 Å². The molecule has 0 radical (unpaired) electrons. The maximum absolute atomic E-state index is 12.8. The first kappa shape index (κ1) is 18.2. The number of aryl methyl sites for hydroxylation is 1. The van der Waals surface area contributed by atoms with Crippen LogP contribution in [0.15, 0.2) is 48.5 Å². The number of phenols is 1. The summed E-state index contributed by atoms with van der Waals surface area (Å²) in [6.07, 6.45) is 1.53. The molecule has 4 heteroatoms. The fraction of sp³-hybridized carbons (Fsp3) is 0.435. The van der Waals surface area contributed by atoms with Crippen LogP contribution in [0.1, 0.15) is 41.3 Å². The van der Waals surface area contributed by atoms with E-state index in [4.69, 9.17) is 0 Å². The Morgan fingerprint density at radius 1 is 1.07 bits per heavy atom. The Morgan fingerprint density at radius 2 is 1.67 bits per heavy atom. The van der Waals surface area contributed by atoms with Gasteiger partial charge in [0, 0.05) is 18.7 Å². The highest BCUT2D eigenvalue weighted by molar-refractivity contribution is 5.99. The second kappa shape index (κ2) is 6.77. The predicted molar refractivity (Wildman–Crippen MR) is 105 cm³/mol. The van der Waals surface area contributed by atoms with Crippen molar-refractivity contribution in [2.75, 3.05) is 13.1 Å². The van der Waals surface area contributed by atoms with Gasteiger partial charge < -0.3 is 10.2 Å². The molecule has 4 nitrogen and oxygen atoms in total. The molecule has 1 saturated heterocycles. The van der Waals surface area contributed by atoms with E-state index in [1.807, 2.05) is 25.1 Å². The summed E-state index contributed by atoms with van der Waals surface area (Å²) in [5.41, 5.74) is 2.09. The maximum Gasteiger partial charge on any atom is 0.179 e. The number of rotatable bonds is 4. The summed E-state index contributed by atoms with van der Waals surface area (Å²) in [4.78, 5) is 15.0. The minimum absolute atomic E-state index is 0.0872. The van der Waals surface area contributed by atoms with Gasteiger partial charge in [0.15, 0.2) is 5.78 Å². The Morgan fingerprint density at radius 3 is 2.26 bits per heavy atom. The Balaban J connectivity index is 1.44. The van der Waals surface area contributed by atoms with Gasteiger partial charge in [-0.15, -0.1) is 0 Å². The van der Waals surface area contributed by atoms with Crippen molar-refractivity contribution in [2.24, 2.45) is 11.8 Å². The van der Waals surface area contributed by atoms with Crippen LogP contribution in [0.2, 0.25) is 0 Å². The maximum atomic E-state index is 12.8. The van der Waals surface area contributed by atoms with Gasteiger partial charge in [0.2, 0.25) is 0 Å². The van der Waals surface area contributed by atoms with Crippen LogP contribution < -0.4 is 0 Å². The van der Waals surface area contributed by atoms with Crippen LogP contribution in [0.5, 0.6) is 5.75 Å². The second-order valence-electron chi connectivity index (χ2n) is 8.32. The number of fused-ring (bicyclic) bond motifs is 1. The number of carbonyl (C=O) groups is 1. The molecule has 4 atom stereocenters. The number of aliphatic hydroxyl groups is 1. The quantitative estimate of drug-likeness (QED) is 0.814. The number of ketones is 1. The van der Waals surface area contributed by atoms with Gasteiger partial charge >= 0.3 is 0 Å². The molecule has 2 aromatic rings. The molecule has 1 saturated carbocycles. The van der Waals surface area contributed by atoms with Gasteiger partial charge in [-0.1, -0.05) is 24.3 Å². The van der Waals surface area contributed by atoms with Gasteiger partial charge in [0.1, 0.15) is 5.75 Å². The normalized spacial score (nSPS) is 28.9. The summed E-state index contributed by atoms with van der Waals surface area (Å²) in [6, 6.07) is 14.4. The molecule has 0 aromatic heterocycles. The average molecular weight is 365 g/mol. The molecule has 2 N–H and O–H groups in total. The molecule has 142 valence electrons. The van der Waals surface area contributed by atoms with Crippen LogP contribution in [0.25, 0.3) is 0 Å². The summed E-state index contributed by atoms with van der Waals surface area (Å²) < 4.78 is 0. The van der Waals surface area contributed by atoms with E-state index in [1.165, 1.54) is 0 Å². The fourth-order valence-electron chi connectivity index (χ4n) is 5.05. The molecule has 0 bridgehead atoms. The number of nitrogens with zero attached hydrogens (tertiary/aromatic N) is 1. The Labute approximate surface area is 160 Å². The van der Waals surface area contributed by atoms with Crippen molar-refractivity contribution in [3.05, 3.63) is 65.2 Å². The summed E-state index contributed by atoms with van der Waals surface area (Å²) in [5.74, 6) is 1.10. The third-order valence-electron chi connectivity index (χ3n) is 6.53. The smallest absolute Gasteiger partial charge is 0.179 e. The van der Waals surface area contributed by atoms with E-state index in [0.29, 0.717) is 17.4 Å². The minimum atomic E-state index is -0.739. The second-order valence-corrected chi connectivity index (χ2v) is 8.32. The van der Waals surface area contributed by atoms with Gasteiger partial charge in [-0.2, -0.15) is 0 Å². The van der Waals surface area contributed by atoms with E-state index >= 15 is 0 Å². The van der Waals surface area contributed by atoms with E-state index in [1.54, 1.807) is 24.3 Å². The summed E-state index contributed by atoms with van der Waals surface area (Å²) in [6.45, 7) is 5.73. The van der Waals surface area contributed by atoms with Crippen molar-refractivity contribution in [2.45, 2.75) is 38.3 Å². The average Bonchev–Trinajstić information content (AvgIpc) is 3.17. The number of benzene rings is 2.